The number of carbonyl (C=O) groups excluding carboxylic acids is 1. The molecule has 0 aliphatic carbocycles. The summed E-state index contributed by atoms with van der Waals surface area (Å²) >= 11 is 5.46. The minimum Gasteiger partial charge on any atom is -0.486 e. The van der Waals surface area contributed by atoms with E-state index in [1.54, 1.807) is 24.3 Å². The van der Waals surface area contributed by atoms with Crippen molar-refractivity contribution in [3.63, 3.8) is 0 Å². The lowest BCUT2D eigenvalue weighted by atomic mass is 10.1. The number of anilines is 2. The zero-order valence-electron chi connectivity index (χ0n) is 14.0. The van der Waals surface area contributed by atoms with Crippen LogP contribution in [0.4, 0.5) is 11.4 Å². The Hall–Kier alpha value is -2.80. The Bertz CT molecular complexity index is 812. The van der Waals surface area contributed by atoms with E-state index in [9.17, 15) is 4.79 Å². The fourth-order valence-electron chi connectivity index (χ4n) is 2.48. The van der Waals surface area contributed by atoms with Gasteiger partial charge < -0.3 is 30.4 Å². The Balaban J connectivity index is 0.000000158. The van der Waals surface area contributed by atoms with Gasteiger partial charge in [0.15, 0.2) is 28.8 Å². The first kappa shape index (κ1) is 18.0. The molecule has 8 heteroatoms. The van der Waals surface area contributed by atoms with Crippen molar-refractivity contribution in [2.24, 2.45) is 0 Å². The van der Waals surface area contributed by atoms with E-state index in [1.807, 2.05) is 6.07 Å². The highest BCUT2D eigenvalue weighted by Gasteiger charge is 2.17. The molecule has 2 aliphatic heterocycles. The van der Waals surface area contributed by atoms with E-state index in [1.165, 1.54) is 0 Å². The van der Waals surface area contributed by atoms with E-state index in [0.29, 0.717) is 54.9 Å². The SMILES string of the molecule is Nc1cc2c(cc1C(=O)CCl)OCCO2.Nc1ccc2c(c1)OCCO2. The number of hydrogen-bond donors (Lipinski definition) is 2. The third kappa shape index (κ3) is 4.05. The molecule has 4 rings (SSSR count). The summed E-state index contributed by atoms with van der Waals surface area (Å²) in [5.41, 5.74) is 12.7. The molecule has 0 fully saturated rings. The zero-order valence-corrected chi connectivity index (χ0v) is 14.8. The number of benzene rings is 2. The normalized spacial score (nSPS) is 14.0. The van der Waals surface area contributed by atoms with Crippen molar-refractivity contribution in [3.05, 3.63) is 35.9 Å². The standard InChI is InChI=1S/C10H10ClNO3.C8H9NO2/c11-5-8(13)6-3-9-10(4-7(6)12)15-2-1-14-9;9-6-1-2-7-8(5-6)11-4-3-10-7/h3-4H,1-2,5,12H2;1-2,5H,3-4,9H2. The van der Waals surface area contributed by atoms with Crippen LogP contribution in [0.1, 0.15) is 10.4 Å². The van der Waals surface area contributed by atoms with E-state index in [-0.39, 0.29) is 11.7 Å². The molecule has 0 unspecified atom stereocenters. The number of nitrogen functional groups attached to an aromatic ring is 2. The Morgan fingerprint density at radius 1 is 0.846 bits per heavy atom. The minimum absolute atomic E-state index is 0.0934. The average molecular weight is 379 g/mol. The number of nitrogens with two attached hydrogens (primary N) is 2. The lowest BCUT2D eigenvalue weighted by molar-refractivity contribution is 0.102. The number of ketones is 1. The van der Waals surface area contributed by atoms with Crippen molar-refractivity contribution in [2.45, 2.75) is 0 Å². The molecule has 0 radical (unpaired) electrons. The molecular weight excluding hydrogens is 360 g/mol. The number of Topliss-reactive ketones (excluding diaryl/α,β-unsaturated/α-hetero) is 1. The predicted molar refractivity (Wildman–Crippen MR) is 98.7 cm³/mol. The van der Waals surface area contributed by atoms with Gasteiger partial charge in [0, 0.05) is 29.1 Å². The van der Waals surface area contributed by atoms with Gasteiger partial charge in [0.2, 0.25) is 0 Å². The van der Waals surface area contributed by atoms with Gasteiger partial charge in [-0.05, 0) is 18.2 Å². The topological polar surface area (TPSA) is 106 Å². The smallest absolute Gasteiger partial charge is 0.179 e. The Morgan fingerprint density at radius 2 is 1.38 bits per heavy atom. The first-order chi connectivity index (χ1) is 12.6. The Morgan fingerprint density at radius 3 is 2.00 bits per heavy atom. The third-order valence-electron chi connectivity index (χ3n) is 3.70. The van der Waals surface area contributed by atoms with Gasteiger partial charge in [-0.1, -0.05) is 0 Å². The number of halogens is 1. The maximum absolute atomic E-state index is 11.4. The summed E-state index contributed by atoms with van der Waals surface area (Å²) in [6, 6.07) is 8.56. The fourth-order valence-corrected chi connectivity index (χ4v) is 2.62. The summed E-state index contributed by atoms with van der Waals surface area (Å²) in [5, 5.41) is 0. The van der Waals surface area contributed by atoms with Gasteiger partial charge in [-0.3, -0.25) is 4.79 Å². The largest absolute Gasteiger partial charge is 0.486 e. The highest BCUT2D eigenvalue weighted by atomic mass is 35.5. The number of alkyl halides is 1. The molecule has 0 aromatic heterocycles. The van der Waals surface area contributed by atoms with Crippen molar-refractivity contribution in [1.82, 2.24) is 0 Å². The molecular formula is C18H19ClN2O5. The van der Waals surface area contributed by atoms with E-state index in [0.717, 1.165) is 11.5 Å². The summed E-state index contributed by atoms with van der Waals surface area (Å²) in [5.74, 6) is 2.34. The second-order valence-corrected chi connectivity index (χ2v) is 5.81. The Labute approximate surface area is 155 Å². The minimum atomic E-state index is -0.217. The fraction of sp³-hybridized carbons (Fsp3) is 0.278. The molecule has 4 N–H and O–H groups in total. The highest BCUT2D eigenvalue weighted by molar-refractivity contribution is 6.31. The zero-order chi connectivity index (χ0) is 18.5. The Kier molecular flexibility index (Phi) is 5.58. The molecule has 2 heterocycles. The predicted octanol–water partition coefficient (Wildman–Crippen LogP) is 2.50. The summed E-state index contributed by atoms with van der Waals surface area (Å²) in [4.78, 5) is 11.4. The van der Waals surface area contributed by atoms with Gasteiger partial charge in [-0.25, -0.2) is 0 Å². The van der Waals surface area contributed by atoms with Gasteiger partial charge in [-0.2, -0.15) is 0 Å². The van der Waals surface area contributed by atoms with Crippen LogP contribution in [0.25, 0.3) is 0 Å². The van der Waals surface area contributed by atoms with Gasteiger partial charge in [0.05, 0.1) is 5.88 Å². The lowest BCUT2D eigenvalue weighted by Crippen LogP contribution is -2.16. The molecule has 26 heavy (non-hydrogen) atoms. The molecule has 7 nitrogen and oxygen atoms in total. The van der Waals surface area contributed by atoms with Crippen LogP contribution in [0.5, 0.6) is 23.0 Å². The summed E-state index contributed by atoms with van der Waals surface area (Å²) in [7, 11) is 0. The molecule has 0 saturated heterocycles. The number of hydrogen-bond acceptors (Lipinski definition) is 7. The highest BCUT2D eigenvalue weighted by Crippen LogP contribution is 2.34. The van der Waals surface area contributed by atoms with Crippen molar-refractivity contribution in [3.8, 4) is 23.0 Å². The van der Waals surface area contributed by atoms with Crippen LogP contribution in [0.2, 0.25) is 0 Å². The van der Waals surface area contributed by atoms with E-state index >= 15 is 0 Å². The van der Waals surface area contributed by atoms with Crippen molar-refractivity contribution < 1.29 is 23.7 Å². The van der Waals surface area contributed by atoms with E-state index in [2.05, 4.69) is 0 Å². The van der Waals surface area contributed by atoms with Crippen LogP contribution in [-0.4, -0.2) is 38.1 Å². The van der Waals surface area contributed by atoms with Crippen molar-refractivity contribution in [1.29, 1.82) is 0 Å². The van der Waals surface area contributed by atoms with Crippen LogP contribution in [0.3, 0.4) is 0 Å². The van der Waals surface area contributed by atoms with Crippen LogP contribution in [0, 0.1) is 0 Å². The van der Waals surface area contributed by atoms with Gasteiger partial charge in [0.1, 0.15) is 26.4 Å². The van der Waals surface area contributed by atoms with Gasteiger partial charge >= 0.3 is 0 Å². The summed E-state index contributed by atoms with van der Waals surface area (Å²) < 4.78 is 21.3. The molecule has 2 aromatic rings. The monoisotopic (exact) mass is 378 g/mol. The molecule has 0 saturated carbocycles. The average Bonchev–Trinajstić information content (AvgIpc) is 2.67. The van der Waals surface area contributed by atoms with Crippen LogP contribution >= 0.6 is 11.6 Å². The van der Waals surface area contributed by atoms with Crippen LogP contribution in [0.15, 0.2) is 30.3 Å². The molecule has 2 aromatic carbocycles. The summed E-state index contributed by atoms with van der Waals surface area (Å²) in [6.45, 7) is 2.20. The van der Waals surface area contributed by atoms with Crippen molar-refractivity contribution in [2.75, 3.05) is 43.8 Å². The van der Waals surface area contributed by atoms with Gasteiger partial charge in [0.25, 0.3) is 0 Å². The van der Waals surface area contributed by atoms with Crippen LogP contribution in [-0.2, 0) is 0 Å². The van der Waals surface area contributed by atoms with E-state index in [4.69, 9.17) is 42.0 Å². The summed E-state index contributed by atoms with van der Waals surface area (Å²) in [6.07, 6.45) is 0. The number of rotatable bonds is 2. The quantitative estimate of drug-likeness (QED) is 0.469. The lowest BCUT2D eigenvalue weighted by Gasteiger charge is -2.19. The maximum Gasteiger partial charge on any atom is 0.179 e. The third-order valence-corrected chi connectivity index (χ3v) is 3.95. The molecule has 0 spiro atoms. The molecule has 0 atom stereocenters. The first-order valence-electron chi connectivity index (χ1n) is 8.02. The first-order valence-corrected chi connectivity index (χ1v) is 8.55. The molecule has 0 amide bonds. The van der Waals surface area contributed by atoms with Gasteiger partial charge in [-0.15, -0.1) is 11.6 Å². The van der Waals surface area contributed by atoms with Crippen molar-refractivity contribution >= 4 is 28.8 Å². The second kappa shape index (κ2) is 8.05. The second-order valence-electron chi connectivity index (χ2n) is 5.54. The number of ether oxygens (including phenoxy) is 4. The molecule has 0 bridgehead atoms. The number of carbonyl (C=O) groups is 1. The maximum atomic E-state index is 11.4. The number of fused-ring (bicyclic) bond motifs is 2. The molecule has 138 valence electrons. The van der Waals surface area contributed by atoms with E-state index < -0.39 is 0 Å². The molecule has 2 aliphatic rings. The van der Waals surface area contributed by atoms with Crippen LogP contribution < -0.4 is 30.4 Å².